The highest BCUT2D eigenvalue weighted by Gasteiger charge is 2.23. The first-order chi connectivity index (χ1) is 14.8. The number of aryl methyl sites for hydroxylation is 3. The maximum Gasteiger partial charge on any atom is 0.329 e. The smallest absolute Gasteiger partial charge is 0.298 e. The van der Waals surface area contributed by atoms with Crippen LogP contribution in [0.5, 0.6) is 0 Å². The molecule has 0 fully saturated rings. The van der Waals surface area contributed by atoms with Gasteiger partial charge in [0.25, 0.3) is 5.56 Å². The Labute approximate surface area is 175 Å². The Bertz CT molecular complexity index is 1590. The number of hydrogen-bond acceptors (Lipinski definition) is 4. The zero-order valence-corrected chi connectivity index (χ0v) is 17.2. The molecule has 0 aliphatic heterocycles. The Morgan fingerprint density at radius 3 is 2.52 bits per heavy atom. The van der Waals surface area contributed by atoms with Crippen LogP contribution in [0.2, 0.25) is 0 Å². The van der Waals surface area contributed by atoms with Gasteiger partial charge in [-0.1, -0.05) is 23.8 Å². The number of halogens is 1. The molecule has 0 saturated heterocycles. The van der Waals surface area contributed by atoms with Crippen molar-refractivity contribution in [2.24, 2.45) is 7.05 Å². The SMILES string of the molecule is Cc1ccc(C)c(Cn2c3c(=O)[nH]c(=O)n(C)c3n3c(-c4ccc(F)cc4)nnc23)c1. The summed E-state index contributed by atoms with van der Waals surface area (Å²) < 4.78 is 18.2. The van der Waals surface area contributed by atoms with Gasteiger partial charge >= 0.3 is 5.69 Å². The lowest BCUT2D eigenvalue weighted by molar-refractivity contribution is 0.628. The molecule has 0 amide bonds. The molecule has 0 atom stereocenters. The Balaban J connectivity index is 1.88. The second-order valence-electron chi connectivity index (χ2n) is 7.67. The van der Waals surface area contributed by atoms with Crippen molar-refractivity contribution in [1.82, 2.24) is 28.7 Å². The minimum atomic E-state index is -0.540. The number of fused-ring (bicyclic) bond motifs is 3. The van der Waals surface area contributed by atoms with E-state index >= 15 is 0 Å². The molecule has 0 aliphatic rings. The number of imidazole rings is 1. The number of H-pyrrole nitrogens is 1. The molecule has 0 unspecified atom stereocenters. The van der Waals surface area contributed by atoms with Crippen LogP contribution < -0.4 is 11.2 Å². The molecule has 0 spiro atoms. The van der Waals surface area contributed by atoms with Crippen LogP contribution in [0.25, 0.3) is 28.3 Å². The lowest BCUT2D eigenvalue weighted by Crippen LogP contribution is -2.29. The van der Waals surface area contributed by atoms with E-state index in [-0.39, 0.29) is 5.82 Å². The summed E-state index contributed by atoms with van der Waals surface area (Å²) in [6, 6.07) is 12.0. The highest BCUT2D eigenvalue weighted by atomic mass is 19.1. The third-order valence-corrected chi connectivity index (χ3v) is 5.57. The van der Waals surface area contributed by atoms with Gasteiger partial charge in [-0.2, -0.15) is 0 Å². The third-order valence-electron chi connectivity index (χ3n) is 5.57. The van der Waals surface area contributed by atoms with Gasteiger partial charge in [-0.3, -0.25) is 18.9 Å². The van der Waals surface area contributed by atoms with E-state index < -0.39 is 11.2 Å². The third kappa shape index (κ3) is 2.89. The summed E-state index contributed by atoms with van der Waals surface area (Å²) in [7, 11) is 1.58. The second kappa shape index (κ2) is 6.76. The summed E-state index contributed by atoms with van der Waals surface area (Å²) >= 11 is 0. The fourth-order valence-electron chi connectivity index (χ4n) is 3.92. The Morgan fingerprint density at radius 1 is 1.03 bits per heavy atom. The molecule has 0 saturated carbocycles. The number of aromatic nitrogens is 6. The largest absolute Gasteiger partial charge is 0.329 e. The molecule has 8 nitrogen and oxygen atoms in total. The van der Waals surface area contributed by atoms with Gasteiger partial charge in [-0.15, -0.1) is 10.2 Å². The summed E-state index contributed by atoms with van der Waals surface area (Å²) in [5, 5.41) is 8.62. The molecule has 0 bridgehead atoms. The second-order valence-corrected chi connectivity index (χ2v) is 7.67. The molecular weight excluding hydrogens is 399 g/mol. The monoisotopic (exact) mass is 418 g/mol. The summed E-state index contributed by atoms with van der Waals surface area (Å²) in [4.78, 5) is 27.6. The van der Waals surface area contributed by atoms with Crippen LogP contribution in [-0.2, 0) is 13.6 Å². The predicted octanol–water partition coefficient (Wildman–Crippen LogP) is 2.54. The molecule has 2 aromatic carbocycles. The lowest BCUT2D eigenvalue weighted by Gasteiger charge is -2.09. The molecule has 1 N–H and O–H groups in total. The van der Waals surface area contributed by atoms with Crippen LogP contribution in [0.15, 0.2) is 52.1 Å². The first kappa shape index (κ1) is 19.0. The van der Waals surface area contributed by atoms with E-state index in [4.69, 9.17) is 0 Å². The highest BCUT2D eigenvalue weighted by Crippen LogP contribution is 2.25. The molecule has 0 radical (unpaired) electrons. The van der Waals surface area contributed by atoms with E-state index in [0.717, 1.165) is 16.7 Å². The predicted molar refractivity (Wildman–Crippen MR) is 115 cm³/mol. The van der Waals surface area contributed by atoms with Gasteiger partial charge in [0.2, 0.25) is 5.78 Å². The van der Waals surface area contributed by atoms with E-state index in [1.54, 1.807) is 28.1 Å². The quantitative estimate of drug-likeness (QED) is 0.488. The fourth-order valence-corrected chi connectivity index (χ4v) is 3.92. The van der Waals surface area contributed by atoms with Gasteiger partial charge < -0.3 is 0 Å². The van der Waals surface area contributed by atoms with Crippen molar-refractivity contribution in [3.8, 4) is 11.4 Å². The lowest BCUT2D eigenvalue weighted by atomic mass is 10.1. The maximum absolute atomic E-state index is 13.4. The number of nitrogens with zero attached hydrogens (tertiary/aromatic N) is 5. The van der Waals surface area contributed by atoms with E-state index in [1.807, 2.05) is 26.0 Å². The zero-order chi connectivity index (χ0) is 21.9. The molecular formula is C22H19FN6O2. The first-order valence-electron chi connectivity index (χ1n) is 9.74. The van der Waals surface area contributed by atoms with Gasteiger partial charge in [0.05, 0.1) is 6.54 Å². The van der Waals surface area contributed by atoms with Crippen LogP contribution in [0.3, 0.4) is 0 Å². The number of nitrogens with one attached hydrogen (secondary N) is 1. The Hall–Kier alpha value is -4.01. The summed E-state index contributed by atoms with van der Waals surface area (Å²) in [5.74, 6) is 0.466. The van der Waals surface area contributed by atoms with Crippen LogP contribution in [0.4, 0.5) is 4.39 Å². The number of rotatable bonds is 3. The average molecular weight is 418 g/mol. The van der Waals surface area contributed by atoms with Crippen molar-refractivity contribution in [3.05, 3.63) is 85.8 Å². The van der Waals surface area contributed by atoms with Gasteiger partial charge in [-0.25, -0.2) is 13.6 Å². The number of hydrogen-bond donors (Lipinski definition) is 1. The van der Waals surface area contributed by atoms with Crippen molar-refractivity contribution in [2.75, 3.05) is 0 Å². The molecule has 3 aromatic heterocycles. The van der Waals surface area contributed by atoms with Crippen molar-refractivity contribution in [1.29, 1.82) is 0 Å². The standard InChI is InChI=1S/C22H19FN6O2/c1-12-4-5-13(2)15(10-12)11-28-17-19(30)24-22(31)27(3)20(17)29-18(25-26-21(28)29)14-6-8-16(23)9-7-14/h4-10H,11H2,1-3H3,(H,24,30,31). The molecule has 3 heterocycles. The minimum absolute atomic E-state index is 0.316. The van der Waals surface area contributed by atoms with Gasteiger partial charge in [0.1, 0.15) is 5.82 Å². The summed E-state index contributed by atoms with van der Waals surface area (Å²) in [6.45, 7) is 4.39. The van der Waals surface area contributed by atoms with E-state index in [2.05, 4.69) is 21.2 Å². The minimum Gasteiger partial charge on any atom is -0.298 e. The maximum atomic E-state index is 13.4. The molecule has 156 valence electrons. The van der Waals surface area contributed by atoms with Crippen LogP contribution in [-0.4, -0.2) is 28.7 Å². The Morgan fingerprint density at radius 2 is 1.77 bits per heavy atom. The number of aromatic amines is 1. The molecule has 0 aliphatic carbocycles. The van der Waals surface area contributed by atoms with E-state index in [0.29, 0.717) is 34.9 Å². The van der Waals surface area contributed by atoms with Gasteiger partial charge in [0.15, 0.2) is 17.0 Å². The van der Waals surface area contributed by atoms with Crippen molar-refractivity contribution in [2.45, 2.75) is 20.4 Å². The fraction of sp³-hybridized carbons (Fsp3) is 0.182. The number of benzene rings is 2. The summed E-state index contributed by atoms with van der Waals surface area (Å²) in [6.07, 6.45) is 0. The molecule has 5 aromatic rings. The summed E-state index contributed by atoms with van der Waals surface area (Å²) in [5.41, 5.74) is 3.47. The highest BCUT2D eigenvalue weighted by molar-refractivity contribution is 5.79. The zero-order valence-electron chi connectivity index (χ0n) is 17.2. The first-order valence-corrected chi connectivity index (χ1v) is 9.74. The topological polar surface area (TPSA) is 90.0 Å². The molecule has 9 heteroatoms. The van der Waals surface area contributed by atoms with Crippen LogP contribution in [0.1, 0.15) is 16.7 Å². The van der Waals surface area contributed by atoms with Crippen LogP contribution in [0, 0.1) is 19.7 Å². The molecule has 5 rings (SSSR count). The van der Waals surface area contributed by atoms with Crippen molar-refractivity contribution < 1.29 is 4.39 Å². The average Bonchev–Trinajstić information content (AvgIpc) is 3.29. The normalized spacial score (nSPS) is 11.6. The molecule has 31 heavy (non-hydrogen) atoms. The van der Waals surface area contributed by atoms with Gasteiger partial charge in [0, 0.05) is 12.6 Å². The van der Waals surface area contributed by atoms with Crippen molar-refractivity contribution >= 4 is 16.9 Å². The van der Waals surface area contributed by atoms with Crippen molar-refractivity contribution in [3.63, 3.8) is 0 Å². The van der Waals surface area contributed by atoms with E-state index in [9.17, 15) is 14.0 Å². The van der Waals surface area contributed by atoms with E-state index in [1.165, 1.54) is 16.7 Å². The van der Waals surface area contributed by atoms with Crippen LogP contribution >= 0.6 is 0 Å². The Kier molecular flexibility index (Phi) is 4.14. The van der Waals surface area contributed by atoms with Gasteiger partial charge in [-0.05, 0) is 49.2 Å².